The zero-order valence-electron chi connectivity index (χ0n) is 16.2. The molecule has 3 saturated heterocycles. The van der Waals surface area contributed by atoms with Gasteiger partial charge in [-0.2, -0.15) is 0 Å². The zero-order valence-corrected chi connectivity index (χ0v) is 16.2. The first-order valence-electron chi connectivity index (χ1n) is 10.5. The molecule has 5 rings (SSSR count). The van der Waals surface area contributed by atoms with E-state index in [9.17, 15) is 14.7 Å². The number of piperazine rings is 1. The first-order valence-corrected chi connectivity index (χ1v) is 10.5. The molecule has 0 radical (unpaired) electrons. The third kappa shape index (κ3) is 2.79. The Morgan fingerprint density at radius 2 is 1.96 bits per heavy atom. The molecule has 1 aromatic rings. The number of hydrogen-bond acceptors (Lipinski definition) is 6. The van der Waals surface area contributed by atoms with E-state index >= 15 is 0 Å². The van der Waals surface area contributed by atoms with Gasteiger partial charge in [0.15, 0.2) is 0 Å². The topological polar surface area (TPSA) is 77.0 Å². The van der Waals surface area contributed by atoms with Gasteiger partial charge in [0.2, 0.25) is 5.91 Å². The molecule has 2 amide bonds. The number of rotatable bonds is 3. The summed E-state index contributed by atoms with van der Waals surface area (Å²) in [5, 5.41) is 10.3. The summed E-state index contributed by atoms with van der Waals surface area (Å²) in [5.74, 6) is -0.272. The first kappa shape index (κ1) is 18.2. The number of imide groups is 1. The summed E-state index contributed by atoms with van der Waals surface area (Å²) < 4.78 is 0. The van der Waals surface area contributed by atoms with Gasteiger partial charge in [0.25, 0.3) is 5.91 Å². The molecule has 150 valence electrons. The minimum absolute atomic E-state index is 0.0984. The fourth-order valence-electron chi connectivity index (χ4n) is 5.65. The minimum atomic E-state index is -0.657. The van der Waals surface area contributed by atoms with Crippen molar-refractivity contribution in [3.05, 3.63) is 30.1 Å². The van der Waals surface area contributed by atoms with Gasteiger partial charge in [-0.15, -0.1) is 0 Å². The molecule has 1 spiro atoms. The summed E-state index contributed by atoms with van der Waals surface area (Å²) in [6, 6.07) is 3.88. The van der Waals surface area contributed by atoms with Crippen molar-refractivity contribution in [3.63, 3.8) is 0 Å². The Labute approximate surface area is 165 Å². The Bertz CT molecular complexity index is 758. The fourth-order valence-corrected chi connectivity index (χ4v) is 5.65. The number of amides is 2. The lowest BCUT2D eigenvalue weighted by atomic mass is 9.79. The molecular weight excluding hydrogens is 356 g/mol. The number of carbonyl (C=O) groups excluding carboxylic acids is 2. The smallest absolute Gasteiger partial charge is 0.252 e. The van der Waals surface area contributed by atoms with Gasteiger partial charge in [0, 0.05) is 38.1 Å². The molecule has 3 aliphatic heterocycles. The van der Waals surface area contributed by atoms with Crippen molar-refractivity contribution in [1.29, 1.82) is 0 Å². The van der Waals surface area contributed by atoms with Gasteiger partial charge < -0.3 is 5.11 Å². The molecule has 2 atom stereocenters. The molecular formula is C21H28N4O3. The van der Waals surface area contributed by atoms with Crippen LogP contribution in [0.1, 0.15) is 44.1 Å². The van der Waals surface area contributed by atoms with Crippen LogP contribution in [0.2, 0.25) is 0 Å². The third-order valence-electron chi connectivity index (χ3n) is 7.11. The van der Waals surface area contributed by atoms with E-state index in [1.54, 1.807) is 12.4 Å². The highest BCUT2D eigenvalue weighted by atomic mass is 16.3. The van der Waals surface area contributed by atoms with Crippen molar-refractivity contribution in [2.75, 3.05) is 19.6 Å². The summed E-state index contributed by atoms with van der Waals surface area (Å²) in [6.07, 6.45) is 9.51. The second-order valence-corrected chi connectivity index (χ2v) is 8.88. The van der Waals surface area contributed by atoms with Crippen molar-refractivity contribution >= 4 is 11.8 Å². The molecule has 1 aromatic heterocycles. The summed E-state index contributed by atoms with van der Waals surface area (Å²) in [6.45, 7) is 2.03. The lowest BCUT2D eigenvalue weighted by Crippen LogP contribution is -2.82. The number of nitrogens with zero attached hydrogens (tertiary/aromatic N) is 4. The number of β-amino-alcohol motifs (C(OH)–C–C–N with tert-alkyl or cyclic N) is 1. The van der Waals surface area contributed by atoms with Gasteiger partial charge in [0.05, 0.1) is 18.7 Å². The Morgan fingerprint density at radius 1 is 1.18 bits per heavy atom. The van der Waals surface area contributed by atoms with E-state index in [4.69, 9.17) is 0 Å². The maximum Gasteiger partial charge on any atom is 0.252 e. The maximum atomic E-state index is 13.6. The van der Waals surface area contributed by atoms with Crippen LogP contribution in [-0.2, 0) is 16.1 Å². The lowest BCUT2D eigenvalue weighted by Gasteiger charge is -2.60. The van der Waals surface area contributed by atoms with Crippen LogP contribution in [0.5, 0.6) is 0 Å². The molecule has 0 aromatic carbocycles. The molecule has 4 heterocycles. The average molecular weight is 384 g/mol. The van der Waals surface area contributed by atoms with Gasteiger partial charge in [-0.25, -0.2) is 0 Å². The molecule has 7 heteroatoms. The van der Waals surface area contributed by atoms with Crippen molar-refractivity contribution in [2.45, 2.75) is 68.8 Å². The molecule has 4 fully saturated rings. The Morgan fingerprint density at radius 3 is 2.68 bits per heavy atom. The highest BCUT2D eigenvalue weighted by Crippen LogP contribution is 2.42. The van der Waals surface area contributed by atoms with Gasteiger partial charge in [-0.1, -0.05) is 25.3 Å². The van der Waals surface area contributed by atoms with Crippen LogP contribution in [0, 0.1) is 0 Å². The number of hydrogen-bond donors (Lipinski definition) is 1. The monoisotopic (exact) mass is 384 g/mol. The molecule has 1 N–H and O–H groups in total. The van der Waals surface area contributed by atoms with E-state index in [0.29, 0.717) is 32.1 Å². The van der Waals surface area contributed by atoms with E-state index in [2.05, 4.69) is 9.88 Å². The minimum Gasteiger partial charge on any atom is -0.392 e. The fraction of sp³-hybridized carbons (Fsp3) is 0.667. The number of carbonyl (C=O) groups is 2. The number of pyridine rings is 1. The quantitative estimate of drug-likeness (QED) is 0.776. The molecule has 0 unspecified atom stereocenters. The highest BCUT2D eigenvalue weighted by molar-refractivity contribution is 6.06. The van der Waals surface area contributed by atoms with E-state index in [0.717, 1.165) is 5.56 Å². The number of aliphatic hydroxyl groups is 1. The van der Waals surface area contributed by atoms with Crippen molar-refractivity contribution in [1.82, 2.24) is 19.7 Å². The molecule has 1 saturated carbocycles. The molecule has 0 bridgehead atoms. The van der Waals surface area contributed by atoms with Crippen LogP contribution < -0.4 is 0 Å². The third-order valence-corrected chi connectivity index (χ3v) is 7.11. The zero-order chi connectivity index (χ0) is 19.3. The lowest BCUT2D eigenvalue weighted by molar-refractivity contribution is -0.183. The first-order chi connectivity index (χ1) is 13.6. The van der Waals surface area contributed by atoms with Gasteiger partial charge in [-0.05, 0) is 30.9 Å². The Balaban J connectivity index is 1.41. The van der Waals surface area contributed by atoms with E-state index in [-0.39, 0.29) is 18.4 Å². The van der Waals surface area contributed by atoms with Crippen molar-refractivity contribution in [3.8, 4) is 0 Å². The summed E-state index contributed by atoms with van der Waals surface area (Å²) >= 11 is 0. The second kappa shape index (κ2) is 6.90. The predicted octanol–water partition coefficient (Wildman–Crippen LogP) is 0.773. The van der Waals surface area contributed by atoms with Crippen LogP contribution in [0.3, 0.4) is 0 Å². The average Bonchev–Trinajstić information content (AvgIpc) is 3.08. The van der Waals surface area contributed by atoms with E-state index < -0.39 is 17.7 Å². The largest absolute Gasteiger partial charge is 0.392 e. The standard InChI is InChI=1S/C21H28N4O3/c26-17-9-18-19(27)24(11-15-5-4-8-22-10-15)20(28)21(25(18)12-17)13-23(14-21)16-6-2-1-3-7-16/h4-5,8,10,16-18,26H,1-3,6-7,9,11-14H2/t17-,18+/m1/s1. The van der Waals surface area contributed by atoms with Gasteiger partial charge in [0.1, 0.15) is 5.54 Å². The Kier molecular flexibility index (Phi) is 4.49. The predicted molar refractivity (Wildman–Crippen MR) is 102 cm³/mol. The number of fused-ring (bicyclic) bond motifs is 2. The molecule has 7 nitrogen and oxygen atoms in total. The number of likely N-dealkylation sites (tertiary alicyclic amines) is 1. The number of aromatic nitrogens is 1. The van der Waals surface area contributed by atoms with Crippen molar-refractivity contribution < 1.29 is 14.7 Å². The van der Waals surface area contributed by atoms with Crippen LogP contribution in [0.25, 0.3) is 0 Å². The van der Waals surface area contributed by atoms with Crippen LogP contribution in [0.15, 0.2) is 24.5 Å². The molecule has 28 heavy (non-hydrogen) atoms. The van der Waals surface area contributed by atoms with Gasteiger partial charge >= 0.3 is 0 Å². The maximum absolute atomic E-state index is 13.6. The number of aliphatic hydroxyl groups excluding tert-OH is 1. The SMILES string of the molecule is O=C1[C@@H]2C[C@@H](O)CN2C2(CN(C3CCCCC3)C2)C(=O)N1Cc1cccnc1. The molecule has 1 aliphatic carbocycles. The summed E-state index contributed by atoms with van der Waals surface area (Å²) in [5.41, 5.74) is 0.199. The Hall–Kier alpha value is -1.83. The summed E-state index contributed by atoms with van der Waals surface area (Å²) in [7, 11) is 0. The molecule has 4 aliphatic rings. The highest BCUT2D eigenvalue weighted by Gasteiger charge is 2.64. The van der Waals surface area contributed by atoms with Crippen LogP contribution >= 0.6 is 0 Å². The van der Waals surface area contributed by atoms with E-state index in [1.807, 2.05) is 17.0 Å². The summed E-state index contributed by atoms with van der Waals surface area (Å²) in [4.78, 5) is 36.6. The van der Waals surface area contributed by atoms with Crippen molar-refractivity contribution in [2.24, 2.45) is 0 Å². The normalized spacial score (nSPS) is 31.2. The van der Waals surface area contributed by atoms with E-state index in [1.165, 1.54) is 37.0 Å². The van der Waals surface area contributed by atoms with Gasteiger partial charge in [-0.3, -0.25) is 29.3 Å². The van der Waals surface area contributed by atoms with Crippen LogP contribution in [-0.4, -0.2) is 80.0 Å². The second-order valence-electron chi connectivity index (χ2n) is 8.88. The van der Waals surface area contributed by atoms with Crippen LogP contribution in [0.4, 0.5) is 0 Å².